The van der Waals surface area contributed by atoms with E-state index in [9.17, 15) is 0 Å². The van der Waals surface area contributed by atoms with Gasteiger partial charge in [0.2, 0.25) is 0 Å². The molecule has 0 aliphatic carbocycles. The van der Waals surface area contributed by atoms with Gasteiger partial charge >= 0.3 is 0 Å². The van der Waals surface area contributed by atoms with Gasteiger partial charge in [0.1, 0.15) is 7.85 Å². The van der Waals surface area contributed by atoms with Crippen LogP contribution in [-0.2, 0) is 0 Å². The van der Waals surface area contributed by atoms with Crippen LogP contribution in [0.15, 0.2) is 0 Å². The smallest absolute Gasteiger partial charge is 0.102 e. The molecule has 0 amide bonds. The second-order valence-electron chi connectivity index (χ2n) is 0.908. The molecule has 0 aromatic carbocycles. The van der Waals surface area contributed by atoms with E-state index in [4.69, 9.17) is 5.26 Å². The van der Waals surface area contributed by atoms with Crippen molar-refractivity contribution in [2.45, 2.75) is 12.7 Å². The molecule has 0 aromatic heterocycles. The molecule has 1 nitrogen and oxygen atoms in total. The van der Waals surface area contributed by atoms with Crippen LogP contribution >= 0.6 is 0 Å². The molecule has 0 aliphatic rings. The molecule has 0 saturated heterocycles. The molecular weight excluding hydrogens is 60.9 g/mol. The number of nitrogens with zero attached hydrogens (tertiary/aromatic N) is 1. The number of rotatable bonds is 1. The minimum Gasteiger partial charge on any atom is -0.198 e. The first kappa shape index (κ1) is 4.55. The van der Waals surface area contributed by atoms with E-state index >= 15 is 0 Å². The lowest BCUT2D eigenvalue weighted by Crippen LogP contribution is -1.59. The summed E-state index contributed by atoms with van der Waals surface area (Å²) in [6.45, 7) is 0. The van der Waals surface area contributed by atoms with Crippen molar-refractivity contribution >= 4 is 7.85 Å². The molecule has 26 valence electrons. The van der Waals surface area contributed by atoms with Crippen LogP contribution in [0.2, 0.25) is 6.32 Å². The van der Waals surface area contributed by atoms with Crippen molar-refractivity contribution in [1.29, 1.82) is 5.26 Å². The number of hydrogen-bond donors (Lipinski definition) is 0. The van der Waals surface area contributed by atoms with E-state index in [2.05, 4.69) is 0 Å². The van der Waals surface area contributed by atoms with Crippen molar-refractivity contribution in [3.63, 3.8) is 0 Å². The highest BCUT2D eigenvalue weighted by molar-refractivity contribution is 6.08. The van der Waals surface area contributed by atoms with Crippen LogP contribution in [0.25, 0.3) is 0 Å². The first-order valence-electron chi connectivity index (χ1n) is 1.78. The quantitative estimate of drug-likeness (QED) is 0.394. The molecule has 0 unspecified atom stereocenters. The molecular formula is C3H6BN. The molecule has 0 atom stereocenters. The Morgan fingerprint density at radius 3 is 2.40 bits per heavy atom. The molecule has 0 aromatic rings. The van der Waals surface area contributed by atoms with E-state index in [1.165, 1.54) is 0 Å². The largest absolute Gasteiger partial charge is 0.198 e. The first-order valence-corrected chi connectivity index (χ1v) is 1.78. The second kappa shape index (κ2) is 3.55. The van der Waals surface area contributed by atoms with E-state index in [0.717, 1.165) is 6.32 Å². The summed E-state index contributed by atoms with van der Waals surface area (Å²) in [6.07, 6.45) is 1.68. The Morgan fingerprint density at radius 1 is 1.80 bits per heavy atom. The zero-order chi connectivity index (χ0) is 4.12. The third kappa shape index (κ3) is 3.55. The maximum atomic E-state index is 7.82. The van der Waals surface area contributed by atoms with Gasteiger partial charge in [-0.3, -0.25) is 0 Å². The zero-order valence-corrected chi connectivity index (χ0v) is 3.36. The van der Waals surface area contributed by atoms with Gasteiger partial charge in [0.05, 0.1) is 6.07 Å². The Bertz CT molecular complexity index is 45.3. The summed E-state index contributed by atoms with van der Waals surface area (Å²) in [5.74, 6) is 0. The van der Waals surface area contributed by atoms with Crippen molar-refractivity contribution in [1.82, 2.24) is 0 Å². The molecule has 0 bridgehead atoms. The van der Waals surface area contributed by atoms with E-state index in [1.54, 1.807) is 0 Å². The van der Waals surface area contributed by atoms with Crippen LogP contribution in [0.5, 0.6) is 0 Å². The minimum atomic E-state index is 0.694. The number of hydrogen-bond acceptors (Lipinski definition) is 1. The SMILES string of the molecule is BCCC#N. The van der Waals surface area contributed by atoms with E-state index < -0.39 is 0 Å². The van der Waals surface area contributed by atoms with Crippen molar-refractivity contribution in [2.24, 2.45) is 0 Å². The van der Waals surface area contributed by atoms with Gasteiger partial charge in [-0.05, 0) is 0 Å². The molecule has 0 saturated carbocycles. The Balaban J connectivity index is 2.48. The third-order valence-corrected chi connectivity index (χ3v) is 0.362. The lowest BCUT2D eigenvalue weighted by Gasteiger charge is -1.64. The fraction of sp³-hybridized carbons (Fsp3) is 0.667. The van der Waals surface area contributed by atoms with Gasteiger partial charge in [0.15, 0.2) is 0 Å². The summed E-state index contributed by atoms with van der Waals surface area (Å²) >= 11 is 0. The molecule has 0 fully saturated rings. The summed E-state index contributed by atoms with van der Waals surface area (Å²) in [4.78, 5) is 0. The summed E-state index contributed by atoms with van der Waals surface area (Å²) in [5.41, 5.74) is 0. The van der Waals surface area contributed by atoms with Crippen LogP contribution in [0.4, 0.5) is 0 Å². The normalized spacial score (nSPS) is 6.20. The van der Waals surface area contributed by atoms with E-state index in [-0.39, 0.29) is 0 Å². The average Bonchev–Trinajstić information content (AvgIpc) is 1.41. The predicted molar refractivity (Wildman–Crippen MR) is 23.6 cm³/mol. The van der Waals surface area contributed by atoms with Crippen molar-refractivity contribution in [3.05, 3.63) is 0 Å². The van der Waals surface area contributed by atoms with Crippen molar-refractivity contribution in [3.8, 4) is 6.07 Å². The molecule has 2 heteroatoms. The van der Waals surface area contributed by atoms with E-state index in [0.29, 0.717) is 6.42 Å². The van der Waals surface area contributed by atoms with E-state index in [1.807, 2.05) is 13.9 Å². The molecule has 0 radical (unpaired) electrons. The summed E-state index contributed by atoms with van der Waals surface area (Å²) in [7, 11) is 1.99. The first-order chi connectivity index (χ1) is 2.41. The van der Waals surface area contributed by atoms with Gasteiger partial charge in [-0.1, -0.05) is 6.32 Å². The molecule has 0 heterocycles. The van der Waals surface area contributed by atoms with Crippen LogP contribution in [0.3, 0.4) is 0 Å². The monoisotopic (exact) mass is 67.1 g/mol. The van der Waals surface area contributed by atoms with Gasteiger partial charge in [-0.15, -0.1) is 0 Å². The molecule has 0 spiro atoms. The fourth-order valence-electron chi connectivity index (χ4n) is 0.112. The maximum Gasteiger partial charge on any atom is 0.102 e. The van der Waals surface area contributed by atoms with Gasteiger partial charge in [0.25, 0.3) is 0 Å². The van der Waals surface area contributed by atoms with Gasteiger partial charge < -0.3 is 0 Å². The lowest BCUT2D eigenvalue weighted by atomic mass is 10.0. The van der Waals surface area contributed by atoms with Crippen LogP contribution in [-0.4, -0.2) is 7.85 Å². The summed E-state index contributed by atoms with van der Waals surface area (Å²) < 4.78 is 0. The highest BCUT2D eigenvalue weighted by Gasteiger charge is 1.66. The zero-order valence-electron chi connectivity index (χ0n) is 3.36. The van der Waals surface area contributed by atoms with Gasteiger partial charge in [-0.25, -0.2) is 0 Å². The number of nitriles is 1. The minimum absolute atomic E-state index is 0.694. The summed E-state index contributed by atoms with van der Waals surface area (Å²) in [6, 6.07) is 2.02. The lowest BCUT2D eigenvalue weighted by molar-refractivity contribution is 1.21. The second-order valence-corrected chi connectivity index (χ2v) is 0.908. The highest BCUT2D eigenvalue weighted by Crippen LogP contribution is 1.74. The maximum absolute atomic E-state index is 7.82. The van der Waals surface area contributed by atoms with Crippen LogP contribution in [0, 0.1) is 11.3 Å². The Kier molecular flexibility index (Phi) is 3.24. The van der Waals surface area contributed by atoms with Gasteiger partial charge in [-0.2, -0.15) is 5.26 Å². The molecule has 0 aliphatic heterocycles. The topological polar surface area (TPSA) is 23.8 Å². The predicted octanol–water partition coefficient (Wildman–Crippen LogP) is -0.0485. The Labute approximate surface area is 33.0 Å². The third-order valence-electron chi connectivity index (χ3n) is 0.362. The molecule has 0 N–H and O–H groups in total. The highest BCUT2D eigenvalue weighted by atomic mass is 14.2. The summed E-state index contributed by atoms with van der Waals surface area (Å²) in [5, 5.41) is 7.82. The average molecular weight is 66.9 g/mol. The van der Waals surface area contributed by atoms with Crippen molar-refractivity contribution in [2.75, 3.05) is 0 Å². The Morgan fingerprint density at radius 2 is 2.40 bits per heavy atom. The van der Waals surface area contributed by atoms with Crippen LogP contribution < -0.4 is 0 Å². The molecule has 5 heavy (non-hydrogen) atoms. The standard InChI is InChI=1S/C3H6BN/c4-2-1-3-5/h1-2,4H2. The molecule has 0 rings (SSSR count). The van der Waals surface area contributed by atoms with Crippen LogP contribution in [0.1, 0.15) is 6.42 Å². The van der Waals surface area contributed by atoms with Gasteiger partial charge in [0, 0.05) is 6.42 Å². The van der Waals surface area contributed by atoms with Crippen molar-refractivity contribution < 1.29 is 0 Å². The Hall–Kier alpha value is -0.445. The fourth-order valence-corrected chi connectivity index (χ4v) is 0.112.